The van der Waals surface area contributed by atoms with Crippen LogP contribution in [0.5, 0.6) is 0 Å². The molecule has 8 heteroatoms. The summed E-state index contributed by atoms with van der Waals surface area (Å²) in [5, 5.41) is 9.63. The van der Waals surface area contributed by atoms with Crippen LogP contribution in [0.25, 0.3) is 27.3 Å². The van der Waals surface area contributed by atoms with Crippen molar-refractivity contribution < 1.29 is 14.6 Å². The zero-order valence-corrected chi connectivity index (χ0v) is 18.1. The van der Waals surface area contributed by atoms with E-state index < -0.39 is 5.97 Å². The van der Waals surface area contributed by atoms with Crippen LogP contribution in [-0.4, -0.2) is 51.9 Å². The number of carboxylic acids is 1. The standard InChI is InChI=1S/C23H22N4O3S/c1-14-4-3-5-16(12-14)17-6-7-27(13-17)23-24-18-15(2)19(22(28)29)31-20(18)21(25-23)26-8-10-30-11-9-26/h3-7,12-13H,8-11H2,1-2H3,(H,28,29). The fraction of sp³-hybridized carbons (Fsp3) is 0.261. The fourth-order valence-corrected chi connectivity index (χ4v) is 4.99. The molecule has 0 aliphatic carbocycles. The molecule has 3 aromatic heterocycles. The highest BCUT2D eigenvalue weighted by Gasteiger charge is 2.24. The van der Waals surface area contributed by atoms with Crippen LogP contribution in [0.15, 0.2) is 42.7 Å². The molecular weight excluding hydrogens is 412 g/mol. The molecule has 1 N–H and O–H groups in total. The second-order valence-electron chi connectivity index (χ2n) is 7.66. The quantitative estimate of drug-likeness (QED) is 0.516. The summed E-state index contributed by atoms with van der Waals surface area (Å²) in [5.41, 5.74) is 4.78. The zero-order chi connectivity index (χ0) is 21.5. The summed E-state index contributed by atoms with van der Waals surface area (Å²) >= 11 is 1.24. The summed E-state index contributed by atoms with van der Waals surface area (Å²) in [6.07, 6.45) is 3.96. The van der Waals surface area contributed by atoms with Crippen LogP contribution in [0.2, 0.25) is 0 Å². The lowest BCUT2D eigenvalue weighted by Gasteiger charge is -2.28. The molecular formula is C23H22N4O3S. The van der Waals surface area contributed by atoms with Crippen LogP contribution in [0.4, 0.5) is 5.82 Å². The topological polar surface area (TPSA) is 80.5 Å². The van der Waals surface area contributed by atoms with Crippen molar-refractivity contribution in [2.75, 3.05) is 31.2 Å². The maximum absolute atomic E-state index is 11.7. The van der Waals surface area contributed by atoms with Gasteiger partial charge in [0, 0.05) is 31.0 Å². The molecule has 0 unspecified atom stereocenters. The second kappa shape index (κ2) is 7.79. The van der Waals surface area contributed by atoms with Crippen molar-refractivity contribution in [3.05, 3.63) is 58.7 Å². The molecule has 1 aromatic carbocycles. The van der Waals surface area contributed by atoms with Crippen molar-refractivity contribution in [1.82, 2.24) is 14.5 Å². The first-order valence-corrected chi connectivity index (χ1v) is 11.0. The van der Waals surface area contributed by atoms with Gasteiger partial charge in [-0.15, -0.1) is 11.3 Å². The van der Waals surface area contributed by atoms with E-state index in [2.05, 4.69) is 30.0 Å². The molecule has 4 heterocycles. The summed E-state index contributed by atoms with van der Waals surface area (Å²) in [4.78, 5) is 23.9. The van der Waals surface area contributed by atoms with Gasteiger partial charge in [-0.3, -0.25) is 4.57 Å². The Balaban J connectivity index is 1.65. The van der Waals surface area contributed by atoms with E-state index in [4.69, 9.17) is 14.7 Å². The number of hydrogen-bond donors (Lipinski definition) is 1. The van der Waals surface area contributed by atoms with Gasteiger partial charge in [-0.25, -0.2) is 9.78 Å². The predicted molar refractivity (Wildman–Crippen MR) is 122 cm³/mol. The van der Waals surface area contributed by atoms with Gasteiger partial charge in [0.1, 0.15) is 4.88 Å². The molecule has 31 heavy (non-hydrogen) atoms. The fourth-order valence-electron chi connectivity index (χ4n) is 3.89. The molecule has 5 rings (SSSR count). The summed E-state index contributed by atoms with van der Waals surface area (Å²) in [6, 6.07) is 10.4. The molecule has 1 saturated heterocycles. The first-order valence-electron chi connectivity index (χ1n) is 10.1. The Morgan fingerprint density at radius 3 is 2.68 bits per heavy atom. The first-order chi connectivity index (χ1) is 15.0. The van der Waals surface area contributed by atoms with Gasteiger partial charge in [-0.05, 0) is 31.0 Å². The number of thiophene rings is 1. The predicted octanol–water partition coefficient (Wildman–Crippen LogP) is 4.30. The Hall–Kier alpha value is -3.23. The van der Waals surface area contributed by atoms with Crippen LogP contribution in [0.1, 0.15) is 20.8 Å². The van der Waals surface area contributed by atoms with Crippen molar-refractivity contribution in [1.29, 1.82) is 0 Å². The Kier molecular flexibility index (Phi) is 4.95. The number of ether oxygens (including phenoxy) is 1. The van der Waals surface area contributed by atoms with E-state index in [-0.39, 0.29) is 0 Å². The van der Waals surface area contributed by atoms with E-state index in [0.717, 1.165) is 21.6 Å². The SMILES string of the molecule is Cc1cccc(-c2ccn(-c3nc(N4CCOCC4)c4sc(C(=O)O)c(C)c4n3)c2)c1. The summed E-state index contributed by atoms with van der Waals surface area (Å²) in [6.45, 7) is 6.56. The van der Waals surface area contributed by atoms with Gasteiger partial charge in [0.2, 0.25) is 5.95 Å². The van der Waals surface area contributed by atoms with Crippen LogP contribution >= 0.6 is 11.3 Å². The van der Waals surface area contributed by atoms with Gasteiger partial charge in [0.05, 0.1) is 23.4 Å². The molecule has 1 fully saturated rings. The van der Waals surface area contributed by atoms with E-state index in [1.165, 1.54) is 16.9 Å². The minimum absolute atomic E-state index is 0.309. The molecule has 7 nitrogen and oxygen atoms in total. The van der Waals surface area contributed by atoms with E-state index >= 15 is 0 Å². The third-order valence-corrected chi connectivity index (χ3v) is 6.78. The molecule has 4 aromatic rings. The number of fused-ring (bicyclic) bond motifs is 1. The number of aromatic carboxylic acids is 1. The average molecular weight is 435 g/mol. The molecule has 0 bridgehead atoms. The number of carbonyl (C=O) groups is 1. The molecule has 1 aliphatic rings. The number of rotatable bonds is 4. The lowest BCUT2D eigenvalue weighted by molar-refractivity contribution is 0.0701. The van der Waals surface area contributed by atoms with Gasteiger partial charge >= 0.3 is 5.97 Å². The van der Waals surface area contributed by atoms with E-state index in [1.807, 2.05) is 36.0 Å². The number of carboxylic acid groups (broad SMARTS) is 1. The van der Waals surface area contributed by atoms with Gasteiger partial charge in [0.15, 0.2) is 5.82 Å². The van der Waals surface area contributed by atoms with Crippen molar-refractivity contribution in [2.24, 2.45) is 0 Å². The molecule has 0 saturated carbocycles. The smallest absolute Gasteiger partial charge is 0.346 e. The van der Waals surface area contributed by atoms with Crippen LogP contribution in [0, 0.1) is 13.8 Å². The van der Waals surface area contributed by atoms with Crippen molar-refractivity contribution in [2.45, 2.75) is 13.8 Å². The van der Waals surface area contributed by atoms with Crippen LogP contribution < -0.4 is 4.90 Å². The molecule has 0 atom stereocenters. The molecule has 0 spiro atoms. The Labute approximate surface area is 183 Å². The average Bonchev–Trinajstić information content (AvgIpc) is 3.39. The number of morpholine rings is 1. The number of aryl methyl sites for hydroxylation is 2. The normalized spacial score (nSPS) is 14.3. The Morgan fingerprint density at radius 2 is 1.94 bits per heavy atom. The number of hydrogen-bond acceptors (Lipinski definition) is 6. The third-order valence-electron chi connectivity index (χ3n) is 5.52. The van der Waals surface area contributed by atoms with Crippen LogP contribution in [0.3, 0.4) is 0 Å². The number of anilines is 1. The summed E-state index contributed by atoms with van der Waals surface area (Å²) < 4.78 is 8.21. The molecule has 158 valence electrons. The van der Waals surface area contributed by atoms with Crippen molar-refractivity contribution in [3.8, 4) is 17.1 Å². The van der Waals surface area contributed by atoms with E-state index in [9.17, 15) is 9.90 Å². The zero-order valence-electron chi connectivity index (χ0n) is 17.3. The molecule has 0 amide bonds. The lowest BCUT2D eigenvalue weighted by atomic mass is 10.1. The molecule has 1 aliphatic heterocycles. The van der Waals surface area contributed by atoms with Crippen LogP contribution in [-0.2, 0) is 4.74 Å². The minimum atomic E-state index is -0.933. The van der Waals surface area contributed by atoms with Gasteiger partial charge in [-0.2, -0.15) is 4.98 Å². The third kappa shape index (κ3) is 3.58. The highest BCUT2D eigenvalue weighted by molar-refractivity contribution is 7.21. The minimum Gasteiger partial charge on any atom is -0.477 e. The van der Waals surface area contributed by atoms with E-state index in [0.29, 0.717) is 48.2 Å². The van der Waals surface area contributed by atoms with Gasteiger partial charge in [0.25, 0.3) is 0 Å². The first kappa shape index (κ1) is 19.7. The van der Waals surface area contributed by atoms with Crippen molar-refractivity contribution >= 4 is 33.3 Å². The Morgan fingerprint density at radius 1 is 1.13 bits per heavy atom. The van der Waals surface area contributed by atoms with E-state index in [1.54, 1.807) is 0 Å². The molecule has 0 radical (unpaired) electrons. The number of nitrogens with zero attached hydrogens (tertiary/aromatic N) is 4. The largest absolute Gasteiger partial charge is 0.477 e. The van der Waals surface area contributed by atoms with Gasteiger partial charge < -0.3 is 14.7 Å². The summed E-state index contributed by atoms with van der Waals surface area (Å²) in [7, 11) is 0. The lowest BCUT2D eigenvalue weighted by Crippen LogP contribution is -2.37. The number of benzene rings is 1. The number of aromatic nitrogens is 3. The maximum Gasteiger partial charge on any atom is 0.346 e. The highest BCUT2D eigenvalue weighted by atomic mass is 32.1. The summed E-state index contributed by atoms with van der Waals surface area (Å²) in [5.74, 6) is 0.373. The maximum atomic E-state index is 11.7. The Bertz CT molecular complexity index is 1290. The van der Waals surface area contributed by atoms with Crippen molar-refractivity contribution in [3.63, 3.8) is 0 Å². The monoisotopic (exact) mass is 434 g/mol. The second-order valence-corrected chi connectivity index (χ2v) is 8.68. The highest BCUT2D eigenvalue weighted by Crippen LogP contribution is 2.36. The van der Waals surface area contributed by atoms with Gasteiger partial charge in [-0.1, -0.05) is 29.8 Å².